The molecular formula is C20H24N2O. The van der Waals surface area contributed by atoms with Crippen LogP contribution in [0.1, 0.15) is 44.1 Å². The van der Waals surface area contributed by atoms with E-state index in [9.17, 15) is 4.79 Å². The van der Waals surface area contributed by atoms with Gasteiger partial charge in [0.05, 0.1) is 0 Å². The van der Waals surface area contributed by atoms with Crippen LogP contribution < -0.4 is 5.49 Å². The smallest absolute Gasteiger partial charge is 0.247 e. The lowest BCUT2D eigenvalue weighted by Gasteiger charge is -2.08. The number of carbonyl (C=O) groups excluding carboxylic acids is 1. The third-order valence-corrected chi connectivity index (χ3v) is 4.59. The van der Waals surface area contributed by atoms with Crippen molar-refractivity contribution in [2.45, 2.75) is 45.1 Å². The van der Waals surface area contributed by atoms with Crippen molar-refractivity contribution in [1.29, 1.82) is 0 Å². The maximum absolute atomic E-state index is 12.2. The van der Waals surface area contributed by atoms with Crippen molar-refractivity contribution >= 4 is 5.91 Å². The predicted octanol–water partition coefficient (Wildman–Crippen LogP) is 3.93. The molecule has 1 fully saturated rings. The first-order valence-corrected chi connectivity index (χ1v) is 8.58. The quantitative estimate of drug-likeness (QED) is 0.824. The molecular weight excluding hydrogens is 284 g/mol. The van der Waals surface area contributed by atoms with E-state index in [0.29, 0.717) is 6.42 Å². The number of benzene rings is 1. The third kappa shape index (κ3) is 4.65. The average Bonchev–Trinajstić information content (AvgIpc) is 3.09. The van der Waals surface area contributed by atoms with Gasteiger partial charge in [-0.05, 0) is 30.0 Å². The van der Waals surface area contributed by atoms with E-state index < -0.39 is 0 Å². The summed E-state index contributed by atoms with van der Waals surface area (Å²) in [5, 5.41) is 0. The van der Waals surface area contributed by atoms with Crippen LogP contribution >= 0.6 is 0 Å². The fourth-order valence-electron chi connectivity index (χ4n) is 3.29. The normalized spacial score (nSPS) is 15.9. The fourth-order valence-corrected chi connectivity index (χ4v) is 3.29. The Kier molecular flexibility index (Phi) is 5.41. The summed E-state index contributed by atoms with van der Waals surface area (Å²) in [6, 6.07) is 16.1. The number of rotatable bonds is 5. The number of aromatic nitrogens is 1. The molecule has 3 heteroatoms. The van der Waals surface area contributed by atoms with E-state index in [2.05, 4.69) is 17.1 Å². The second-order valence-corrected chi connectivity index (χ2v) is 6.37. The highest BCUT2D eigenvalue weighted by atomic mass is 16.1. The average molecular weight is 308 g/mol. The molecule has 0 N–H and O–H groups in total. The van der Waals surface area contributed by atoms with Gasteiger partial charge in [0.25, 0.3) is 0 Å². The van der Waals surface area contributed by atoms with Gasteiger partial charge in [-0.1, -0.05) is 62.1 Å². The van der Waals surface area contributed by atoms with Gasteiger partial charge < -0.3 is 4.57 Å². The van der Waals surface area contributed by atoms with E-state index in [1.807, 2.05) is 47.2 Å². The molecule has 3 nitrogen and oxygen atoms in total. The molecule has 23 heavy (non-hydrogen) atoms. The van der Waals surface area contributed by atoms with Crippen LogP contribution in [0.5, 0.6) is 0 Å². The van der Waals surface area contributed by atoms with Crippen molar-refractivity contribution in [3.63, 3.8) is 0 Å². The lowest BCUT2D eigenvalue weighted by Crippen LogP contribution is -2.22. The Bertz CT molecular complexity index is 697. The van der Waals surface area contributed by atoms with E-state index in [-0.39, 0.29) is 5.91 Å². The highest BCUT2D eigenvalue weighted by molar-refractivity contribution is 5.76. The van der Waals surface area contributed by atoms with Gasteiger partial charge in [0.2, 0.25) is 5.91 Å². The molecule has 120 valence electrons. The number of amides is 1. The Morgan fingerprint density at radius 3 is 2.57 bits per heavy atom. The Morgan fingerprint density at radius 2 is 1.78 bits per heavy atom. The minimum absolute atomic E-state index is 0.00455. The van der Waals surface area contributed by atoms with Gasteiger partial charge in [-0.3, -0.25) is 4.79 Å². The van der Waals surface area contributed by atoms with Crippen LogP contribution in [0.2, 0.25) is 0 Å². The zero-order chi connectivity index (χ0) is 15.9. The van der Waals surface area contributed by atoms with E-state index in [0.717, 1.165) is 24.4 Å². The van der Waals surface area contributed by atoms with E-state index in [1.165, 1.54) is 31.2 Å². The molecule has 0 unspecified atom stereocenters. The number of hydrogen-bond acceptors (Lipinski definition) is 1. The summed E-state index contributed by atoms with van der Waals surface area (Å²) in [5.74, 6) is 0.742. The van der Waals surface area contributed by atoms with Gasteiger partial charge >= 0.3 is 0 Å². The Morgan fingerprint density at radius 1 is 1.04 bits per heavy atom. The van der Waals surface area contributed by atoms with Crippen molar-refractivity contribution in [3.8, 4) is 0 Å². The van der Waals surface area contributed by atoms with Gasteiger partial charge in [0.15, 0.2) is 0 Å². The zero-order valence-corrected chi connectivity index (χ0v) is 13.5. The van der Waals surface area contributed by atoms with Gasteiger partial charge in [0, 0.05) is 19.2 Å². The van der Waals surface area contributed by atoms with Crippen LogP contribution in [0.4, 0.5) is 0 Å². The molecule has 1 aliphatic rings. The molecule has 0 atom stereocenters. The van der Waals surface area contributed by atoms with Crippen molar-refractivity contribution in [1.82, 2.24) is 4.57 Å². The molecule has 1 aliphatic carbocycles. The summed E-state index contributed by atoms with van der Waals surface area (Å²) in [7, 11) is 0. The summed E-state index contributed by atoms with van der Waals surface area (Å²) in [5.41, 5.74) is 1.95. The minimum Gasteiger partial charge on any atom is -0.329 e. The zero-order valence-electron chi connectivity index (χ0n) is 13.5. The molecule has 3 rings (SSSR count). The van der Waals surface area contributed by atoms with Gasteiger partial charge in [-0.15, -0.1) is 0 Å². The van der Waals surface area contributed by atoms with Crippen LogP contribution in [0.25, 0.3) is 0 Å². The maximum Gasteiger partial charge on any atom is 0.247 e. The molecule has 1 amide bonds. The van der Waals surface area contributed by atoms with E-state index in [4.69, 9.17) is 0 Å². The molecule has 1 saturated carbocycles. The van der Waals surface area contributed by atoms with Gasteiger partial charge in [-0.2, -0.15) is 4.99 Å². The van der Waals surface area contributed by atoms with Crippen LogP contribution in [-0.4, -0.2) is 10.5 Å². The first-order chi connectivity index (χ1) is 11.3. The Balaban J connectivity index is 1.69. The van der Waals surface area contributed by atoms with Crippen molar-refractivity contribution in [2.24, 2.45) is 10.9 Å². The Labute approximate surface area is 137 Å². The summed E-state index contributed by atoms with van der Waals surface area (Å²) in [6.07, 6.45) is 8.77. The first kappa shape index (κ1) is 15.7. The SMILES string of the molecule is O=C(CCC1CCCC1)N=c1ccccn1Cc1ccccc1. The number of hydrogen-bond donors (Lipinski definition) is 0. The first-order valence-electron chi connectivity index (χ1n) is 8.58. The van der Waals surface area contributed by atoms with Crippen LogP contribution in [0.3, 0.4) is 0 Å². The van der Waals surface area contributed by atoms with Crippen molar-refractivity contribution in [3.05, 3.63) is 65.8 Å². The molecule has 0 bridgehead atoms. The topological polar surface area (TPSA) is 34.4 Å². The summed E-state index contributed by atoms with van der Waals surface area (Å²) in [6.45, 7) is 0.733. The van der Waals surface area contributed by atoms with Gasteiger partial charge in [0.1, 0.15) is 5.49 Å². The second kappa shape index (κ2) is 7.91. The highest BCUT2D eigenvalue weighted by Crippen LogP contribution is 2.28. The Hall–Kier alpha value is -2.16. The monoisotopic (exact) mass is 308 g/mol. The maximum atomic E-state index is 12.2. The lowest BCUT2D eigenvalue weighted by molar-refractivity contribution is -0.118. The molecule has 0 radical (unpaired) electrons. The fraction of sp³-hybridized carbons (Fsp3) is 0.400. The van der Waals surface area contributed by atoms with Crippen LogP contribution in [0.15, 0.2) is 59.7 Å². The number of nitrogens with zero attached hydrogens (tertiary/aromatic N) is 2. The number of pyridine rings is 1. The van der Waals surface area contributed by atoms with Gasteiger partial charge in [-0.25, -0.2) is 0 Å². The number of carbonyl (C=O) groups is 1. The van der Waals surface area contributed by atoms with Crippen molar-refractivity contribution in [2.75, 3.05) is 0 Å². The largest absolute Gasteiger partial charge is 0.329 e. The van der Waals surface area contributed by atoms with Crippen molar-refractivity contribution < 1.29 is 4.79 Å². The molecule has 1 aromatic heterocycles. The summed E-state index contributed by atoms with van der Waals surface area (Å²) >= 11 is 0. The van der Waals surface area contributed by atoms with E-state index in [1.54, 1.807) is 0 Å². The van der Waals surface area contributed by atoms with Crippen LogP contribution in [0, 0.1) is 5.92 Å². The molecule has 0 saturated heterocycles. The minimum atomic E-state index is 0.00455. The second-order valence-electron chi connectivity index (χ2n) is 6.37. The molecule has 0 aliphatic heterocycles. The van der Waals surface area contributed by atoms with E-state index >= 15 is 0 Å². The molecule has 1 heterocycles. The highest BCUT2D eigenvalue weighted by Gasteiger charge is 2.15. The summed E-state index contributed by atoms with van der Waals surface area (Å²) < 4.78 is 2.03. The molecule has 0 spiro atoms. The third-order valence-electron chi connectivity index (χ3n) is 4.59. The molecule has 1 aromatic carbocycles. The predicted molar refractivity (Wildman–Crippen MR) is 91.7 cm³/mol. The standard InChI is InChI=1S/C20H24N2O/c23-20(14-13-17-8-4-5-9-17)21-19-12-6-7-15-22(19)16-18-10-2-1-3-11-18/h1-3,6-7,10-12,15,17H,4-5,8-9,13-14,16H2. The molecule has 2 aromatic rings. The van der Waals surface area contributed by atoms with Crippen LogP contribution in [-0.2, 0) is 11.3 Å². The summed E-state index contributed by atoms with van der Waals surface area (Å²) in [4.78, 5) is 16.5. The lowest BCUT2D eigenvalue weighted by atomic mass is 10.0.